The number of hydrogen-bond acceptors (Lipinski definition) is 5. The third-order valence-electron chi connectivity index (χ3n) is 2.68. The van der Waals surface area contributed by atoms with Crippen molar-refractivity contribution in [1.82, 2.24) is 9.62 Å². The van der Waals surface area contributed by atoms with E-state index in [1.54, 1.807) is 6.92 Å². The lowest BCUT2D eigenvalue weighted by atomic mass is 10.2. The molecule has 0 aliphatic heterocycles. The molecule has 0 heterocycles. The molecule has 0 radical (unpaired) electrons. The summed E-state index contributed by atoms with van der Waals surface area (Å²) in [6.45, 7) is 5.27. The molecule has 108 valence electrons. The maximum Gasteiger partial charge on any atom is 0.211 e. The van der Waals surface area contributed by atoms with Crippen LogP contribution in [0.3, 0.4) is 0 Å². The first-order valence-corrected chi connectivity index (χ1v) is 7.87. The Morgan fingerprint density at radius 1 is 1.50 bits per heavy atom. The zero-order valence-corrected chi connectivity index (χ0v) is 12.1. The van der Waals surface area contributed by atoms with Crippen molar-refractivity contribution in [3.05, 3.63) is 0 Å². The van der Waals surface area contributed by atoms with Gasteiger partial charge in [-0.2, -0.15) is 0 Å². The lowest BCUT2D eigenvalue weighted by Gasteiger charge is -2.19. The van der Waals surface area contributed by atoms with Crippen LogP contribution in [0.5, 0.6) is 0 Å². The molecule has 1 unspecified atom stereocenters. The Balaban J connectivity index is 4.05. The van der Waals surface area contributed by atoms with Gasteiger partial charge in [0.05, 0.1) is 12.3 Å². The van der Waals surface area contributed by atoms with Crippen LogP contribution in [0.2, 0.25) is 0 Å². The van der Waals surface area contributed by atoms with Gasteiger partial charge in [-0.1, -0.05) is 19.0 Å². The Kier molecular flexibility index (Phi) is 7.88. The van der Waals surface area contributed by atoms with Gasteiger partial charge in [0.2, 0.25) is 10.0 Å². The van der Waals surface area contributed by atoms with Crippen molar-refractivity contribution >= 4 is 15.9 Å². The molecule has 0 aromatic rings. The lowest BCUT2D eigenvalue weighted by Crippen LogP contribution is -2.42. The van der Waals surface area contributed by atoms with Gasteiger partial charge in [-0.05, 0) is 19.4 Å². The predicted molar refractivity (Wildman–Crippen MR) is 72.2 cm³/mol. The summed E-state index contributed by atoms with van der Waals surface area (Å²) < 4.78 is 24.1. The highest BCUT2D eigenvalue weighted by Gasteiger charge is 2.14. The summed E-state index contributed by atoms with van der Waals surface area (Å²) in [5.41, 5.74) is 5.50. The summed E-state index contributed by atoms with van der Waals surface area (Å²) in [7, 11) is -3.13. The number of hydrogen-bond donors (Lipinski definition) is 3. The monoisotopic (exact) mass is 280 g/mol. The standard InChI is InChI=1S/C10H24N4O3S/c1-4-9(10(11)13-15)12-7-6-8-14(5-2)18(3,16)17/h9,12,15H,4-8H2,1-3H3,(H2,11,13). The quantitative estimate of drug-likeness (QED) is 0.178. The second kappa shape index (κ2) is 8.28. The van der Waals surface area contributed by atoms with Crippen molar-refractivity contribution < 1.29 is 13.6 Å². The average Bonchev–Trinajstić information content (AvgIpc) is 2.31. The van der Waals surface area contributed by atoms with E-state index in [9.17, 15) is 8.42 Å². The number of oxime groups is 1. The molecule has 7 nitrogen and oxygen atoms in total. The van der Waals surface area contributed by atoms with Gasteiger partial charge in [0.25, 0.3) is 0 Å². The second-order valence-corrected chi connectivity index (χ2v) is 6.03. The summed E-state index contributed by atoms with van der Waals surface area (Å²) in [5.74, 6) is 0.146. The summed E-state index contributed by atoms with van der Waals surface area (Å²) in [5, 5.41) is 14.6. The van der Waals surface area contributed by atoms with E-state index < -0.39 is 10.0 Å². The Morgan fingerprint density at radius 2 is 2.11 bits per heavy atom. The molecule has 1 atom stereocenters. The number of sulfonamides is 1. The van der Waals surface area contributed by atoms with Gasteiger partial charge >= 0.3 is 0 Å². The van der Waals surface area contributed by atoms with Crippen LogP contribution >= 0.6 is 0 Å². The number of amidine groups is 1. The maximum atomic E-state index is 11.3. The molecule has 0 bridgehead atoms. The zero-order chi connectivity index (χ0) is 14.2. The Bertz CT molecular complexity index is 356. The van der Waals surface area contributed by atoms with Gasteiger partial charge in [-0.15, -0.1) is 0 Å². The fourth-order valence-corrected chi connectivity index (χ4v) is 2.55. The van der Waals surface area contributed by atoms with Crippen molar-refractivity contribution in [2.24, 2.45) is 10.9 Å². The third-order valence-corrected chi connectivity index (χ3v) is 4.06. The first kappa shape index (κ1) is 17.1. The Morgan fingerprint density at radius 3 is 2.50 bits per heavy atom. The molecule has 0 aromatic heterocycles. The molecule has 18 heavy (non-hydrogen) atoms. The molecule has 0 aliphatic rings. The molecule has 0 amide bonds. The predicted octanol–water partition coefficient (Wildman–Crippen LogP) is -0.227. The van der Waals surface area contributed by atoms with Crippen molar-refractivity contribution in [3.8, 4) is 0 Å². The van der Waals surface area contributed by atoms with E-state index >= 15 is 0 Å². The van der Waals surface area contributed by atoms with E-state index in [-0.39, 0.29) is 11.9 Å². The van der Waals surface area contributed by atoms with Gasteiger partial charge in [0.15, 0.2) is 5.84 Å². The van der Waals surface area contributed by atoms with Gasteiger partial charge < -0.3 is 16.3 Å². The first-order chi connectivity index (χ1) is 8.36. The fraction of sp³-hybridized carbons (Fsp3) is 0.900. The van der Waals surface area contributed by atoms with Gasteiger partial charge in [0, 0.05) is 13.1 Å². The molecule has 0 spiro atoms. The minimum Gasteiger partial charge on any atom is -0.409 e. The summed E-state index contributed by atoms with van der Waals surface area (Å²) in [6.07, 6.45) is 2.59. The number of nitrogens with zero attached hydrogens (tertiary/aromatic N) is 2. The Hall–Kier alpha value is -0.860. The molecule has 8 heteroatoms. The first-order valence-electron chi connectivity index (χ1n) is 6.02. The highest BCUT2D eigenvalue weighted by atomic mass is 32.2. The van der Waals surface area contributed by atoms with Crippen molar-refractivity contribution in [3.63, 3.8) is 0 Å². The molecular weight excluding hydrogens is 256 g/mol. The molecule has 0 aliphatic carbocycles. The number of rotatable bonds is 9. The summed E-state index contributed by atoms with van der Waals surface area (Å²) >= 11 is 0. The number of nitrogens with two attached hydrogens (primary N) is 1. The zero-order valence-electron chi connectivity index (χ0n) is 11.3. The van der Waals surface area contributed by atoms with E-state index in [1.807, 2.05) is 6.92 Å². The van der Waals surface area contributed by atoms with E-state index in [2.05, 4.69) is 10.5 Å². The summed E-state index contributed by atoms with van der Waals surface area (Å²) in [4.78, 5) is 0. The highest BCUT2D eigenvalue weighted by Crippen LogP contribution is 1.99. The molecule has 0 saturated heterocycles. The average molecular weight is 280 g/mol. The van der Waals surface area contributed by atoms with Gasteiger partial charge in [-0.3, -0.25) is 0 Å². The summed E-state index contributed by atoms with van der Waals surface area (Å²) in [6, 6.07) is -0.177. The van der Waals surface area contributed by atoms with Crippen LogP contribution in [0.1, 0.15) is 26.7 Å². The fourth-order valence-electron chi connectivity index (χ4n) is 1.62. The molecular formula is C10H24N4O3S. The SMILES string of the molecule is CCC(NCCCN(CC)S(C)(=O)=O)C(N)=NO. The van der Waals surface area contributed by atoms with E-state index in [4.69, 9.17) is 10.9 Å². The normalized spacial score (nSPS) is 15.0. The van der Waals surface area contributed by atoms with Crippen LogP contribution in [-0.4, -0.2) is 55.7 Å². The topological polar surface area (TPSA) is 108 Å². The van der Waals surface area contributed by atoms with Crippen LogP contribution in [0.15, 0.2) is 5.16 Å². The van der Waals surface area contributed by atoms with Crippen LogP contribution in [-0.2, 0) is 10.0 Å². The molecule has 0 saturated carbocycles. The molecule has 0 aromatic carbocycles. The van der Waals surface area contributed by atoms with E-state index in [1.165, 1.54) is 10.6 Å². The molecule has 0 fully saturated rings. The lowest BCUT2D eigenvalue weighted by molar-refractivity contribution is 0.314. The second-order valence-electron chi connectivity index (χ2n) is 4.05. The van der Waals surface area contributed by atoms with Crippen LogP contribution < -0.4 is 11.1 Å². The van der Waals surface area contributed by atoms with Crippen LogP contribution in [0.4, 0.5) is 0 Å². The minimum absolute atomic E-state index is 0.146. The van der Waals surface area contributed by atoms with E-state index in [0.717, 1.165) is 0 Å². The minimum atomic E-state index is -3.13. The Labute approximate surface area is 109 Å². The number of nitrogens with one attached hydrogen (secondary N) is 1. The molecule has 0 rings (SSSR count). The van der Waals surface area contributed by atoms with Gasteiger partial charge in [0.1, 0.15) is 0 Å². The maximum absolute atomic E-state index is 11.3. The molecule has 4 N–H and O–H groups in total. The van der Waals surface area contributed by atoms with Gasteiger partial charge in [-0.25, -0.2) is 12.7 Å². The third kappa shape index (κ3) is 6.18. The van der Waals surface area contributed by atoms with Crippen molar-refractivity contribution in [2.75, 3.05) is 25.9 Å². The van der Waals surface area contributed by atoms with Crippen LogP contribution in [0.25, 0.3) is 0 Å². The van der Waals surface area contributed by atoms with Crippen LogP contribution in [0, 0.1) is 0 Å². The highest BCUT2D eigenvalue weighted by molar-refractivity contribution is 7.88. The van der Waals surface area contributed by atoms with E-state index in [0.29, 0.717) is 32.5 Å². The largest absolute Gasteiger partial charge is 0.409 e. The smallest absolute Gasteiger partial charge is 0.211 e. The van der Waals surface area contributed by atoms with Crippen molar-refractivity contribution in [1.29, 1.82) is 0 Å². The van der Waals surface area contributed by atoms with Crippen molar-refractivity contribution in [2.45, 2.75) is 32.7 Å².